The monoisotopic (exact) mass is 204 g/mol. The molecule has 0 aromatic heterocycles. The Balaban J connectivity index is 0.000000845. The van der Waals surface area contributed by atoms with Gasteiger partial charge in [-0.05, 0) is 25.2 Å². The van der Waals surface area contributed by atoms with Crippen LogP contribution in [0, 0.1) is 11.8 Å². The zero-order chi connectivity index (χ0) is 8.55. The van der Waals surface area contributed by atoms with E-state index in [2.05, 4.69) is 24.1 Å². The summed E-state index contributed by atoms with van der Waals surface area (Å²) in [6.45, 7) is 9.68. The molecule has 1 saturated carbocycles. The van der Waals surface area contributed by atoms with Crippen molar-refractivity contribution < 1.29 is 0 Å². The van der Waals surface area contributed by atoms with Gasteiger partial charge in [0, 0.05) is 32.2 Å². The van der Waals surface area contributed by atoms with Gasteiger partial charge < -0.3 is 5.32 Å². The van der Waals surface area contributed by atoms with Crippen LogP contribution in [0.3, 0.4) is 0 Å². The van der Waals surface area contributed by atoms with Crippen LogP contribution in [-0.4, -0.2) is 37.1 Å². The van der Waals surface area contributed by atoms with Gasteiger partial charge in [-0.2, -0.15) is 0 Å². The molecular weight excluding hydrogens is 184 g/mol. The maximum absolute atomic E-state index is 3.43. The van der Waals surface area contributed by atoms with Gasteiger partial charge in [0.2, 0.25) is 0 Å². The molecular formula is C10H21ClN2. The molecule has 0 radical (unpaired) electrons. The van der Waals surface area contributed by atoms with Gasteiger partial charge in [0.05, 0.1) is 0 Å². The lowest BCUT2D eigenvalue weighted by Gasteiger charge is -2.34. The largest absolute Gasteiger partial charge is 0.314 e. The van der Waals surface area contributed by atoms with Crippen molar-refractivity contribution in [2.75, 3.05) is 26.2 Å². The first-order chi connectivity index (χ1) is 5.77. The molecule has 1 aliphatic carbocycles. The highest BCUT2D eigenvalue weighted by Crippen LogP contribution is 2.38. The standard InChI is InChI=1S/C10H20N2.ClH/c1-8-5-10(8)7-12-4-3-11-6-9(12)2;/h8-11H,3-7H2,1-2H3;1H/t8?,9-,10?;/m0./s1. The summed E-state index contributed by atoms with van der Waals surface area (Å²) >= 11 is 0. The number of nitrogens with one attached hydrogen (secondary N) is 1. The zero-order valence-electron chi connectivity index (χ0n) is 8.62. The van der Waals surface area contributed by atoms with Crippen LogP contribution in [-0.2, 0) is 0 Å². The quantitative estimate of drug-likeness (QED) is 0.731. The average Bonchev–Trinajstić information content (AvgIpc) is 2.72. The summed E-state index contributed by atoms with van der Waals surface area (Å²) in [5, 5.41) is 3.43. The van der Waals surface area contributed by atoms with Gasteiger partial charge in [-0.25, -0.2) is 0 Å². The number of piperazine rings is 1. The second kappa shape index (κ2) is 4.63. The molecule has 2 nitrogen and oxygen atoms in total. The van der Waals surface area contributed by atoms with Crippen LogP contribution in [0.25, 0.3) is 0 Å². The number of rotatable bonds is 2. The van der Waals surface area contributed by atoms with Gasteiger partial charge in [0.1, 0.15) is 0 Å². The molecule has 2 fully saturated rings. The van der Waals surface area contributed by atoms with Crippen LogP contribution >= 0.6 is 12.4 Å². The maximum Gasteiger partial charge on any atom is 0.0193 e. The van der Waals surface area contributed by atoms with E-state index in [1.54, 1.807) is 0 Å². The minimum Gasteiger partial charge on any atom is -0.314 e. The first-order valence-corrected chi connectivity index (χ1v) is 5.22. The molecule has 1 aliphatic heterocycles. The summed E-state index contributed by atoms with van der Waals surface area (Å²) < 4.78 is 0. The normalized spacial score (nSPS) is 39.7. The van der Waals surface area contributed by atoms with Crippen molar-refractivity contribution in [3.63, 3.8) is 0 Å². The third-order valence-corrected chi connectivity index (χ3v) is 3.38. The Bertz CT molecular complexity index is 163. The fourth-order valence-electron chi connectivity index (χ4n) is 2.11. The predicted octanol–water partition coefficient (Wildman–Crippen LogP) is 1.36. The molecule has 1 saturated heterocycles. The van der Waals surface area contributed by atoms with Crippen molar-refractivity contribution in [1.29, 1.82) is 0 Å². The van der Waals surface area contributed by atoms with E-state index in [-0.39, 0.29) is 12.4 Å². The van der Waals surface area contributed by atoms with E-state index in [4.69, 9.17) is 0 Å². The Kier molecular flexibility index (Phi) is 4.02. The molecule has 3 heteroatoms. The molecule has 13 heavy (non-hydrogen) atoms. The lowest BCUT2D eigenvalue weighted by molar-refractivity contribution is 0.164. The van der Waals surface area contributed by atoms with Gasteiger partial charge in [-0.3, -0.25) is 4.90 Å². The molecule has 2 rings (SSSR count). The van der Waals surface area contributed by atoms with Gasteiger partial charge in [-0.15, -0.1) is 12.4 Å². The molecule has 0 aromatic rings. The molecule has 2 unspecified atom stereocenters. The van der Waals surface area contributed by atoms with Crippen LogP contribution in [0.2, 0.25) is 0 Å². The zero-order valence-corrected chi connectivity index (χ0v) is 9.44. The van der Waals surface area contributed by atoms with Gasteiger partial charge in [0.15, 0.2) is 0 Å². The summed E-state index contributed by atoms with van der Waals surface area (Å²) in [6.07, 6.45) is 1.47. The van der Waals surface area contributed by atoms with Gasteiger partial charge >= 0.3 is 0 Å². The molecule has 1 N–H and O–H groups in total. The van der Waals surface area contributed by atoms with E-state index in [0.29, 0.717) is 0 Å². The first kappa shape index (κ1) is 11.3. The van der Waals surface area contributed by atoms with E-state index in [9.17, 15) is 0 Å². The minimum absolute atomic E-state index is 0. The van der Waals surface area contributed by atoms with E-state index >= 15 is 0 Å². The molecule has 0 aromatic carbocycles. The fraction of sp³-hybridized carbons (Fsp3) is 1.00. The molecule has 2 aliphatic rings. The van der Waals surface area contributed by atoms with E-state index in [1.807, 2.05) is 0 Å². The maximum atomic E-state index is 3.43. The average molecular weight is 205 g/mol. The Morgan fingerprint density at radius 1 is 1.38 bits per heavy atom. The highest BCUT2D eigenvalue weighted by Gasteiger charge is 2.35. The topological polar surface area (TPSA) is 15.3 Å². The number of hydrogen-bond acceptors (Lipinski definition) is 2. The van der Waals surface area contributed by atoms with Crippen molar-refractivity contribution in [1.82, 2.24) is 10.2 Å². The van der Waals surface area contributed by atoms with Gasteiger partial charge in [-0.1, -0.05) is 6.92 Å². The van der Waals surface area contributed by atoms with Crippen molar-refractivity contribution in [2.45, 2.75) is 26.3 Å². The lowest BCUT2D eigenvalue weighted by atomic mass is 10.2. The van der Waals surface area contributed by atoms with Crippen LogP contribution in [0.5, 0.6) is 0 Å². The highest BCUT2D eigenvalue weighted by atomic mass is 35.5. The van der Waals surface area contributed by atoms with Crippen molar-refractivity contribution in [3.8, 4) is 0 Å². The fourth-order valence-corrected chi connectivity index (χ4v) is 2.11. The molecule has 3 atom stereocenters. The second-order valence-electron chi connectivity index (χ2n) is 4.52. The van der Waals surface area contributed by atoms with Crippen molar-refractivity contribution >= 4 is 12.4 Å². The predicted molar refractivity (Wildman–Crippen MR) is 58.4 cm³/mol. The Morgan fingerprint density at radius 3 is 2.62 bits per heavy atom. The minimum atomic E-state index is 0. The molecule has 78 valence electrons. The van der Waals surface area contributed by atoms with Crippen molar-refractivity contribution in [3.05, 3.63) is 0 Å². The smallest absolute Gasteiger partial charge is 0.0193 e. The Labute approximate surface area is 87.5 Å². The molecule has 0 spiro atoms. The summed E-state index contributed by atoms with van der Waals surface area (Å²) in [4.78, 5) is 2.64. The highest BCUT2D eigenvalue weighted by molar-refractivity contribution is 5.85. The van der Waals surface area contributed by atoms with Crippen LogP contribution < -0.4 is 5.32 Å². The van der Waals surface area contributed by atoms with Crippen LogP contribution in [0.15, 0.2) is 0 Å². The molecule has 0 bridgehead atoms. The summed E-state index contributed by atoms with van der Waals surface area (Å²) in [7, 11) is 0. The van der Waals surface area contributed by atoms with Crippen molar-refractivity contribution in [2.24, 2.45) is 11.8 Å². The Morgan fingerprint density at radius 2 is 2.08 bits per heavy atom. The lowest BCUT2D eigenvalue weighted by Crippen LogP contribution is -2.50. The SMILES string of the molecule is CC1CC1CN1CCNC[C@@H]1C.Cl. The third kappa shape index (κ3) is 2.83. The van der Waals surface area contributed by atoms with Gasteiger partial charge in [0.25, 0.3) is 0 Å². The number of hydrogen-bond donors (Lipinski definition) is 1. The molecule has 0 amide bonds. The second-order valence-corrected chi connectivity index (χ2v) is 4.52. The third-order valence-electron chi connectivity index (χ3n) is 3.38. The number of nitrogens with zero attached hydrogens (tertiary/aromatic N) is 1. The van der Waals surface area contributed by atoms with E-state index in [0.717, 1.165) is 17.9 Å². The number of halogens is 1. The van der Waals surface area contributed by atoms with E-state index in [1.165, 1.54) is 32.6 Å². The first-order valence-electron chi connectivity index (χ1n) is 5.22. The molecule has 1 heterocycles. The summed E-state index contributed by atoms with van der Waals surface area (Å²) in [6, 6.07) is 0.756. The summed E-state index contributed by atoms with van der Waals surface area (Å²) in [5.41, 5.74) is 0. The van der Waals surface area contributed by atoms with E-state index < -0.39 is 0 Å². The summed E-state index contributed by atoms with van der Waals surface area (Å²) in [5.74, 6) is 2.03. The van der Waals surface area contributed by atoms with Crippen LogP contribution in [0.4, 0.5) is 0 Å². The van der Waals surface area contributed by atoms with Crippen LogP contribution in [0.1, 0.15) is 20.3 Å². The Hall–Kier alpha value is 0.210.